The molecule has 1 aromatic rings. The highest BCUT2D eigenvalue weighted by molar-refractivity contribution is 5.77. The number of aliphatic hydroxyl groups excluding tert-OH is 1. The van der Waals surface area contributed by atoms with Gasteiger partial charge >= 0.3 is 0 Å². The van der Waals surface area contributed by atoms with Gasteiger partial charge in [-0.2, -0.15) is 0 Å². The number of ether oxygens (including phenoxy) is 1. The van der Waals surface area contributed by atoms with Crippen molar-refractivity contribution in [1.29, 1.82) is 0 Å². The molecule has 0 radical (unpaired) electrons. The fraction of sp³-hybridized carbons (Fsp3) is 0.611. The predicted molar refractivity (Wildman–Crippen MR) is 89.4 cm³/mol. The molecule has 0 aliphatic heterocycles. The van der Waals surface area contributed by atoms with Crippen LogP contribution in [0.1, 0.15) is 52.7 Å². The average molecular weight is 307 g/mol. The molecule has 4 nitrogen and oxygen atoms in total. The average Bonchev–Trinajstić information content (AvgIpc) is 2.40. The number of carbonyl (C=O) groups excluding carboxylic acids is 1. The number of amides is 1. The van der Waals surface area contributed by atoms with Gasteiger partial charge < -0.3 is 15.2 Å². The van der Waals surface area contributed by atoms with Crippen LogP contribution in [0, 0.1) is 0 Å². The molecule has 124 valence electrons. The van der Waals surface area contributed by atoms with Gasteiger partial charge in [0.05, 0.1) is 6.61 Å². The van der Waals surface area contributed by atoms with Gasteiger partial charge in [0.15, 0.2) is 6.61 Å². The molecule has 0 fully saturated rings. The highest BCUT2D eigenvalue weighted by Gasteiger charge is 2.23. The molecule has 0 saturated carbocycles. The normalized spacial score (nSPS) is 12.1. The molecule has 0 unspecified atom stereocenters. The molecule has 4 heteroatoms. The molecular formula is C18H29NO3. The lowest BCUT2D eigenvalue weighted by Gasteiger charge is -2.27. The second kappa shape index (κ2) is 7.14. The van der Waals surface area contributed by atoms with E-state index >= 15 is 0 Å². The van der Waals surface area contributed by atoms with Gasteiger partial charge in [-0.05, 0) is 28.0 Å². The van der Waals surface area contributed by atoms with E-state index in [4.69, 9.17) is 9.84 Å². The minimum absolute atomic E-state index is 0.0437. The van der Waals surface area contributed by atoms with Gasteiger partial charge in [-0.25, -0.2) is 0 Å². The third kappa shape index (κ3) is 5.34. The highest BCUT2D eigenvalue weighted by Crippen LogP contribution is 2.35. The van der Waals surface area contributed by atoms with Crippen LogP contribution >= 0.6 is 0 Å². The zero-order valence-corrected chi connectivity index (χ0v) is 14.6. The van der Waals surface area contributed by atoms with Gasteiger partial charge in [0.1, 0.15) is 5.75 Å². The van der Waals surface area contributed by atoms with Gasteiger partial charge in [0, 0.05) is 6.54 Å². The molecule has 0 atom stereocenters. The minimum atomic E-state index is -0.228. The number of nitrogens with one attached hydrogen (secondary N) is 1. The first-order chi connectivity index (χ1) is 10.1. The summed E-state index contributed by atoms with van der Waals surface area (Å²) in [5.74, 6) is 0.508. The number of hydrogen-bond acceptors (Lipinski definition) is 3. The van der Waals surface area contributed by atoms with Gasteiger partial charge in [-0.3, -0.25) is 4.79 Å². The lowest BCUT2D eigenvalue weighted by atomic mass is 9.80. The molecular weight excluding hydrogens is 278 g/mol. The lowest BCUT2D eigenvalue weighted by Crippen LogP contribution is -2.31. The third-order valence-electron chi connectivity index (χ3n) is 3.45. The Balaban J connectivity index is 2.97. The molecule has 0 bridgehead atoms. The number of carbonyl (C=O) groups is 1. The van der Waals surface area contributed by atoms with Crippen molar-refractivity contribution in [1.82, 2.24) is 5.32 Å². The lowest BCUT2D eigenvalue weighted by molar-refractivity contribution is -0.123. The van der Waals surface area contributed by atoms with Crippen LogP contribution in [-0.4, -0.2) is 30.8 Å². The first kappa shape index (κ1) is 18.5. The van der Waals surface area contributed by atoms with E-state index in [0.717, 1.165) is 11.3 Å². The molecule has 0 aromatic heterocycles. The van der Waals surface area contributed by atoms with E-state index in [0.29, 0.717) is 0 Å². The Morgan fingerprint density at radius 1 is 1.14 bits per heavy atom. The van der Waals surface area contributed by atoms with Gasteiger partial charge in [0.25, 0.3) is 5.91 Å². The van der Waals surface area contributed by atoms with Crippen LogP contribution in [0.5, 0.6) is 5.75 Å². The van der Waals surface area contributed by atoms with Crippen LogP contribution in [0.4, 0.5) is 0 Å². The smallest absolute Gasteiger partial charge is 0.258 e. The van der Waals surface area contributed by atoms with Crippen LogP contribution in [-0.2, 0) is 15.6 Å². The highest BCUT2D eigenvalue weighted by atomic mass is 16.5. The quantitative estimate of drug-likeness (QED) is 0.879. The summed E-state index contributed by atoms with van der Waals surface area (Å²) < 4.78 is 5.70. The van der Waals surface area contributed by atoms with Crippen molar-refractivity contribution in [3.63, 3.8) is 0 Å². The van der Waals surface area contributed by atoms with Crippen molar-refractivity contribution in [2.24, 2.45) is 0 Å². The molecule has 0 heterocycles. The first-order valence-corrected chi connectivity index (χ1v) is 7.71. The van der Waals surface area contributed by atoms with E-state index < -0.39 is 0 Å². The van der Waals surface area contributed by atoms with E-state index in [1.165, 1.54) is 5.56 Å². The van der Waals surface area contributed by atoms with E-state index in [2.05, 4.69) is 59.0 Å². The Morgan fingerprint density at radius 3 is 2.27 bits per heavy atom. The Hall–Kier alpha value is -1.55. The maximum atomic E-state index is 11.6. The minimum Gasteiger partial charge on any atom is -0.483 e. The van der Waals surface area contributed by atoms with Crippen molar-refractivity contribution in [3.05, 3.63) is 29.3 Å². The summed E-state index contributed by atoms with van der Waals surface area (Å²) in [4.78, 5) is 11.6. The topological polar surface area (TPSA) is 58.6 Å². The van der Waals surface area contributed by atoms with Gasteiger partial charge in [0.2, 0.25) is 0 Å². The maximum absolute atomic E-state index is 11.6. The molecule has 0 aliphatic rings. The summed E-state index contributed by atoms with van der Waals surface area (Å²) in [6.45, 7) is 13.1. The monoisotopic (exact) mass is 307 g/mol. The summed E-state index contributed by atoms with van der Waals surface area (Å²) in [6.07, 6.45) is 0. The van der Waals surface area contributed by atoms with Gasteiger partial charge in [-0.1, -0.05) is 53.7 Å². The predicted octanol–water partition coefficient (Wildman–Crippen LogP) is 2.77. The fourth-order valence-electron chi connectivity index (χ4n) is 2.10. The van der Waals surface area contributed by atoms with E-state index in [9.17, 15) is 4.79 Å². The molecule has 1 aromatic carbocycles. The summed E-state index contributed by atoms with van der Waals surface area (Å²) in [5.41, 5.74) is 2.33. The number of rotatable bonds is 5. The largest absolute Gasteiger partial charge is 0.483 e. The molecule has 1 rings (SSSR count). The van der Waals surface area contributed by atoms with E-state index in [1.54, 1.807) is 0 Å². The fourth-order valence-corrected chi connectivity index (χ4v) is 2.10. The standard InChI is InChI=1S/C18H29NO3/c1-17(2,3)13-7-8-15(14(11-13)18(4,5)6)22-12-16(21)19-9-10-20/h7-8,11,20H,9-10,12H2,1-6H3,(H,19,21). The molecule has 1 amide bonds. The van der Waals surface area contributed by atoms with Gasteiger partial charge in [-0.15, -0.1) is 0 Å². The van der Waals surface area contributed by atoms with Crippen LogP contribution in [0.15, 0.2) is 18.2 Å². The molecule has 22 heavy (non-hydrogen) atoms. The molecule has 0 saturated heterocycles. The van der Waals surface area contributed by atoms with Crippen molar-refractivity contribution < 1.29 is 14.6 Å². The summed E-state index contributed by atoms with van der Waals surface area (Å²) in [7, 11) is 0. The Kier molecular flexibility index (Phi) is 6.00. The van der Waals surface area contributed by atoms with Crippen LogP contribution in [0.2, 0.25) is 0 Å². The van der Waals surface area contributed by atoms with Crippen molar-refractivity contribution in [2.45, 2.75) is 52.4 Å². The summed E-state index contributed by atoms with van der Waals surface area (Å²) in [5, 5.41) is 11.3. The zero-order chi connectivity index (χ0) is 17.0. The Morgan fingerprint density at radius 2 is 1.77 bits per heavy atom. The first-order valence-electron chi connectivity index (χ1n) is 7.71. The Labute approximate surface area is 133 Å². The van der Waals surface area contributed by atoms with Crippen molar-refractivity contribution in [3.8, 4) is 5.75 Å². The number of hydrogen-bond donors (Lipinski definition) is 2. The SMILES string of the molecule is CC(C)(C)c1ccc(OCC(=O)NCCO)c(C(C)(C)C)c1. The van der Waals surface area contributed by atoms with Crippen molar-refractivity contribution >= 4 is 5.91 Å². The van der Waals surface area contributed by atoms with Crippen LogP contribution < -0.4 is 10.1 Å². The second-order valence-corrected chi connectivity index (χ2v) is 7.57. The molecule has 2 N–H and O–H groups in total. The molecule has 0 aliphatic carbocycles. The van der Waals surface area contributed by atoms with Crippen LogP contribution in [0.25, 0.3) is 0 Å². The van der Waals surface area contributed by atoms with E-state index in [-0.39, 0.29) is 36.5 Å². The third-order valence-corrected chi connectivity index (χ3v) is 3.45. The Bertz CT molecular complexity index is 510. The summed E-state index contributed by atoms with van der Waals surface area (Å²) >= 11 is 0. The van der Waals surface area contributed by atoms with Crippen molar-refractivity contribution in [2.75, 3.05) is 19.8 Å². The number of benzene rings is 1. The second-order valence-electron chi connectivity index (χ2n) is 7.57. The summed E-state index contributed by atoms with van der Waals surface area (Å²) in [6, 6.07) is 6.16. The van der Waals surface area contributed by atoms with E-state index in [1.807, 2.05) is 6.07 Å². The molecule has 0 spiro atoms. The maximum Gasteiger partial charge on any atom is 0.258 e. The zero-order valence-electron chi connectivity index (χ0n) is 14.6. The van der Waals surface area contributed by atoms with Crippen LogP contribution in [0.3, 0.4) is 0 Å². The number of aliphatic hydroxyl groups is 1.